The first kappa shape index (κ1) is 68.9. The number of carboxylic acid groups (broad SMARTS) is 1. The van der Waals surface area contributed by atoms with Crippen molar-refractivity contribution < 1.29 is 58.7 Å². The maximum atomic E-state index is 13.1. The fourth-order valence-electron chi connectivity index (χ4n) is 10.1. The third-order valence-corrected chi connectivity index (χ3v) is 14.9. The quantitative estimate of drug-likeness (QED) is 0.0587. The molecule has 2 aromatic heterocycles. The average Bonchev–Trinajstić information content (AvgIpc) is 1.21. The summed E-state index contributed by atoms with van der Waals surface area (Å²) in [4.78, 5) is 92.2. The number of carboxylic acids is 1. The van der Waals surface area contributed by atoms with Crippen molar-refractivity contribution in [2.24, 2.45) is 29.2 Å². The van der Waals surface area contributed by atoms with Crippen LogP contribution in [0.3, 0.4) is 0 Å². The summed E-state index contributed by atoms with van der Waals surface area (Å²) in [5.74, 6) is -2.59. The predicted molar refractivity (Wildman–Crippen MR) is 334 cm³/mol. The fourth-order valence-corrected chi connectivity index (χ4v) is 10.1. The fraction of sp³-hybridized carbons (Fsp3) is 0.439. The number of pyridine rings is 2. The number of amides is 6. The minimum absolute atomic E-state index is 0.0817. The molecule has 2 saturated heterocycles. The van der Waals surface area contributed by atoms with Gasteiger partial charge in [-0.25, -0.2) is 9.59 Å². The van der Waals surface area contributed by atoms with Gasteiger partial charge in [0.2, 0.25) is 11.8 Å². The number of nitrogens with zero attached hydrogens (tertiary/aromatic N) is 4. The molecule has 0 aliphatic carbocycles. The number of allylic oxidation sites excluding steroid dienone is 1. The van der Waals surface area contributed by atoms with E-state index in [2.05, 4.69) is 66.5 Å². The Balaban J connectivity index is 0.000000220. The van der Waals surface area contributed by atoms with E-state index in [0.29, 0.717) is 42.5 Å². The van der Waals surface area contributed by atoms with Gasteiger partial charge in [0.25, 0.3) is 0 Å². The van der Waals surface area contributed by atoms with Crippen LogP contribution in [0, 0.1) is 17.8 Å². The Bertz CT molecular complexity index is 3290. The molecule has 3 aliphatic rings. The minimum Gasteiger partial charge on any atom is -0.508 e. The lowest BCUT2D eigenvalue weighted by Gasteiger charge is -2.38. The molecular weight excluding hydrogens is 1110 g/mol. The zero-order valence-corrected chi connectivity index (χ0v) is 52.0. The molecule has 21 heteroatoms. The molecule has 5 heterocycles. The van der Waals surface area contributed by atoms with Gasteiger partial charge in [0.15, 0.2) is 0 Å². The van der Waals surface area contributed by atoms with Gasteiger partial charge in [-0.05, 0) is 177 Å². The van der Waals surface area contributed by atoms with E-state index in [4.69, 9.17) is 21.3 Å². The van der Waals surface area contributed by atoms with Crippen molar-refractivity contribution in [1.29, 1.82) is 0 Å². The number of hydrogen-bond donors (Lipinski definition) is 9. The molecule has 3 aliphatic heterocycles. The topological polar surface area (TPSA) is 330 Å². The number of aromatic nitrogens is 2. The van der Waals surface area contributed by atoms with E-state index in [0.717, 1.165) is 65.2 Å². The largest absolute Gasteiger partial charge is 0.508 e. The second kappa shape index (κ2) is 31.0. The van der Waals surface area contributed by atoms with Gasteiger partial charge in [-0.1, -0.05) is 86.6 Å². The number of rotatable bonds is 10. The number of piperidine rings is 2. The number of primary amides is 2. The number of nitrogens with two attached hydrogens (primary N) is 2. The Kier molecular flexibility index (Phi) is 24.6. The van der Waals surface area contributed by atoms with Crippen molar-refractivity contribution in [3.8, 4) is 17.2 Å². The molecule has 87 heavy (non-hydrogen) atoms. The number of benzene rings is 3. The lowest BCUT2D eigenvalue weighted by molar-refractivity contribution is -0.147. The number of phenolic OH excluding ortho intramolecular Hbond substituents is 3. The van der Waals surface area contributed by atoms with Crippen LogP contribution in [0.4, 0.5) is 16.2 Å². The highest BCUT2D eigenvalue weighted by molar-refractivity contribution is 6.39. The normalized spacial score (nSPS) is 18.3. The lowest BCUT2D eigenvalue weighted by atomic mass is 9.88. The highest BCUT2D eigenvalue weighted by Gasteiger charge is 2.35. The third kappa shape index (κ3) is 20.1. The van der Waals surface area contributed by atoms with E-state index < -0.39 is 41.1 Å². The molecule has 8 rings (SSSR count). The average molecular weight is 1200 g/mol. The Hall–Kier alpha value is -8.85. The van der Waals surface area contributed by atoms with Crippen LogP contribution < -0.4 is 27.4 Å². The smallest absolute Gasteiger partial charge is 0.414 e. The van der Waals surface area contributed by atoms with Crippen LogP contribution in [0.2, 0.25) is 0 Å². The van der Waals surface area contributed by atoms with Crippen LogP contribution in [0.5, 0.6) is 17.2 Å². The summed E-state index contributed by atoms with van der Waals surface area (Å²) in [6.45, 7) is 26.6. The summed E-state index contributed by atoms with van der Waals surface area (Å²) in [7, 11) is 0. The summed E-state index contributed by atoms with van der Waals surface area (Å²) in [5.41, 5.74) is 17.0. The molecule has 11 N–H and O–H groups in total. The van der Waals surface area contributed by atoms with Crippen LogP contribution in [0.25, 0.3) is 5.70 Å². The van der Waals surface area contributed by atoms with Gasteiger partial charge in [-0.3, -0.25) is 38.8 Å². The number of ether oxygens (including phenoxy) is 1. The molecule has 2 fully saturated rings. The number of likely N-dealkylation sites (tertiary alicyclic amines) is 1. The van der Waals surface area contributed by atoms with Gasteiger partial charge in [0.1, 0.15) is 22.8 Å². The molecule has 0 spiro atoms. The summed E-state index contributed by atoms with van der Waals surface area (Å²) < 4.78 is 5.58. The lowest BCUT2D eigenvalue weighted by Crippen LogP contribution is -2.46. The summed E-state index contributed by atoms with van der Waals surface area (Å²) in [6.07, 6.45) is 11.9. The van der Waals surface area contributed by atoms with Gasteiger partial charge in [0, 0.05) is 31.5 Å². The monoisotopic (exact) mass is 1200 g/mol. The molecule has 1 unspecified atom stereocenters. The maximum Gasteiger partial charge on any atom is 0.414 e. The molecule has 0 bridgehead atoms. The van der Waals surface area contributed by atoms with Crippen molar-refractivity contribution in [1.82, 2.24) is 25.1 Å². The molecule has 468 valence electrons. The van der Waals surface area contributed by atoms with Gasteiger partial charge in [-0.2, -0.15) is 0 Å². The summed E-state index contributed by atoms with van der Waals surface area (Å²) in [6, 6.07) is 19.8. The Morgan fingerprint density at radius 1 is 0.621 bits per heavy atom. The number of carbonyl (C=O) groups is 7. The molecule has 5 aromatic rings. The van der Waals surface area contributed by atoms with Crippen molar-refractivity contribution in [3.63, 3.8) is 0 Å². The maximum absolute atomic E-state index is 13.1. The van der Waals surface area contributed by atoms with Gasteiger partial charge in [-0.15, -0.1) is 0 Å². The molecule has 5 atom stereocenters. The van der Waals surface area contributed by atoms with Crippen molar-refractivity contribution in [2.45, 2.75) is 151 Å². The van der Waals surface area contributed by atoms with Crippen LogP contribution >= 0.6 is 0 Å². The van der Waals surface area contributed by atoms with E-state index in [9.17, 15) is 48.9 Å². The van der Waals surface area contributed by atoms with E-state index >= 15 is 0 Å². The Morgan fingerprint density at radius 2 is 1.11 bits per heavy atom. The van der Waals surface area contributed by atoms with Crippen molar-refractivity contribution >= 4 is 58.7 Å². The number of hydrogen-bond acceptors (Lipinski definition) is 14. The zero-order chi connectivity index (χ0) is 64.6. The number of aromatic hydroxyl groups is 3. The molecular formula is C66H87N9O12. The highest BCUT2D eigenvalue weighted by atomic mass is 16.6. The van der Waals surface area contributed by atoms with E-state index in [-0.39, 0.29) is 58.1 Å². The standard InChI is InChI=1S/C23H28N4O4.C20H29NO3.C15H23NO.C8H7N3O4/c1-13(2)18-9-15(5-7-20(18)28)19-6-4-14(3)12-27(19)23(31)22(30)26-17-8-16(21(24)29)10-25-11-17;1-13(2)16-11-15(8-10-18(16)22)17-9-7-14(3)12-21(17)19(23)24-20(4,5)6;1-10(2)13-8-12(5-7-15(13)17)14-6-4-11(3)9-16-14;9-6(12)4-1-5(3-10-2-4)11-7(13)8(14)15/h5,7-11,13-14,19,28H,4,6,12H2,1-3H3,(H2,24,29)(H,26,30);8-11,13-14,22H,7,12H2,1-6H3;5,7-8,10-11,14,16-17H,4,6,9H2,1-3H3;1-3H,(H2,9,12)(H,11,13)(H,14,15)/t14-,19+;;11-,14+;/m1.0./s1. The number of anilines is 2. The number of nitrogens with one attached hydrogen (secondary N) is 3. The van der Waals surface area contributed by atoms with Crippen LogP contribution in [-0.4, -0.2) is 107 Å². The van der Waals surface area contributed by atoms with E-state index in [1.54, 1.807) is 28.0 Å². The van der Waals surface area contributed by atoms with Crippen LogP contribution in [0.1, 0.15) is 199 Å². The first-order chi connectivity index (χ1) is 40.8. The van der Waals surface area contributed by atoms with Crippen LogP contribution in [0.15, 0.2) is 97.6 Å². The number of aliphatic carboxylic acids is 1. The molecule has 3 aromatic carbocycles. The van der Waals surface area contributed by atoms with E-state index in [1.807, 2.05) is 85.0 Å². The SMILES string of the molecule is CC(C)c1cc([C@@H]2CC[C@@H](C)CN2C(=O)C(=O)Nc2cncc(C(N)=O)c2)ccc1O.CC(C)c1cc([C@H]2CC[C@H](C)CN2)ccc1O.CC1CC=C(c2ccc(O)c(C(C)C)c2)N(C(=O)OC(C)(C)C)C1.NC(=O)c1cncc(NC(=O)C(=O)O)c1. The minimum atomic E-state index is -1.63. The second-order valence-corrected chi connectivity index (χ2v) is 24.6. The summed E-state index contributed by atoms with van der Waals surface area (Å²) >= 11 is 0. The Labute approximate surface area is 510 Å². The first-order valence-electron chi connectivity index (χ1n) is 29.4. The molecule has 21 nitrogen and oxygen atoms in total. The third-order valence-electron chi connectivity index (χ3n) is 14.9. The first-order valence-corrected chi connectivity index (χ1v) is 29.4. The predicted octanol–water partition coefficient (Wildman–Crippen LogP) is 10.9. The molecule has 6 amide bonds. The van der Waals surface area contributed by atoms with Gasteiger partial charge >= 0.3 is 29.8 Å². The van der Waals surface area contributed by atoms with Crippen LogP contribution in [-0.2, 0) is 23.9 Å². The van der Waals surface area contributed by atoms with Crippen molar-refractivity contribution in [3.05, 3.63) is 142 Å². The second-order valence-electron chi connectivity index (χ2n) is 24.6. The molecule has 0 saturated carbocycles. The van der Waals surface area contributed by atoms with Crippen molar-refractivity contribution in [2.75, 3.05) is 30.3 Å². The van der Waals surface area contributed by atoms with Gasteiger partial charge in [0.05, 0.1) is 46.6 Å². The summed E-state index contributed by atoms with van der Waals surface area (Å²) in [5, 5.41) is 46.5. The number of carbonyl (C=O) groups excluding carboxylic acids is 6. The number of phenols is 3. The Morgan fingerprint density at radius 3 is 1.61 bits per heavy atom. The highest BCUT2D eigenvalue weighted by Crippen LogP contribution is 2.38. The molecule has 0 radical (unpaired) electrons. The zero-order valence-electron chi connectivity index (χ0n) is 52.0. The van der Waals surface area contributed by atoms with E-state index in [1.165, 1.54) is 55.3 Å². The van der Waals surface area contributed by atoms with Gasteiger partial charge < -0.3 is 57.5 Å².